The number of aromatic amines is 2. The summed E-state index contributed by atoms with van der Waals surface area (Å²) in [5.41, 5.74) is 7.36. The molecule has 0 unspecified atom stereocenters. The number of likely N-dealkylation sites (N-methyl/N-ethyl adjacent to an activating group) is 1. The highest BCUT2D eigenvalue weighted by Crippen LogP contribution is 2.35. The van der Waals surface area contributed by atoms with Crippen LogP contribution >= 0.6 is 0 Å². The van der Waals surface area contributed by atoms with Gasteiger partial charge >= 0.3 is 0 Å². The number of rotatable bonds is 7. The highest BCUT2D eigenvalue weighted by atomic mass is 19.1. The summed E-state index contributed by atoms with van der Waals surface area (Å²) < 4.78 is 16.6. The van der Waals surface area contributed by atoms with Gasteiger partial charge in [0.15, 0.2) is 0 Å². The Morgan fingerprint density at radius 2 is 1.84 bits per heavy atom. The lowest BCUT2D eigenvalue weighted by molar-refractivity contribution is 0.425. The van der Waals surface area contributed by atoms with Crippen molar-refractivity contribution in [3.63, 3.8) is 0 Å². The first kappa shape index (κ1) is 23.8. The minimum absolute atomic E-state index is 0.300. The van der Waals surface area contributed by atoms with Gasteiger partial charge in [0.25, 0.3) is 0 Å². The van der Waals surface area contributed by atoms with E-state index in [1.807, 2.05) is 57.0 Å². The zero-order chi connectivity index (χ0) is 26.4. The van der Waals surface area contributed by atoms with Gasteiger partial charge in [0.05, 0.1) is 46.7 Å². The number of benzene rings is 1. The van der Waals surface area contributed by atoms with Crippen molar-refractivity contribution >= 4 is 27.5 Å². The molecule has 0 aliphatic heterocycles. The second-order valence-electron chi connectivity index (χ2n) is 9.73. The molecule has 6 aromatic rings. The summed E-state index contributed by atoms with van der Waals surface area (Å²) in [7, 11) is 5.99. The molecule has 0 saturated carbocycles. The molecule has 0 aliphatic rings. The van der Waals surface area contributed by atoms with Gasteiger partial charge in [0.2, 0.25) is 0 Å². The van der Waals surface area contributed by atoms with E-state index in [0.717, 1.165) is 73.8 Å². The van der Waals surface area contributed by atoms with Crippen molar-refractivity contribution in [1.82, 2.24) is 39.6 Å². The highest BCUT2D eigenvalue weighted by molar-refractivity contribution is 6.01. The maximum Gasteiger partial charge on any atom is 0.125 e. The number of imidazole rings is 1. The summed E-state index contributed by atoms with van der Waals surface area (Å²) in [6.45, 7) is 3.52. The molecule has 0 fully saturated rings. The fraction of sp³-hybridized carbons (Fsp3) is 0.214. The van der Waals surface area contributed by atoms with Gasteiger partial charge in [-0.05, 0) is 56.9 Å². The molecule has 3 N–H and O–H groups in total. The zero-order valence-electron chi connectivity index (χ0n) is 21.7. The quantitative estimate of drug-likeness (QED) is 0.280. The van der Waals surface area contributed by atoms with Crippen molar-refractivity contribution in [2.45, 2.75) is 6.92 Å². The van der Waals surface area contributed by atoms with Gasteiger partial charge in [-0.1, -0.05) is 0 Å². The number of H-pyrrole nitrogens is 2. The summed E-state index contributed by atoms with van der Waals surface area (Å²) >= 11 is 0. The topological polar surface area (TPSA) is 103 Å². The Bertz CT molecular complexity index is 1780. The fourth-order valence-corrected chi connectivity index (χ4v) is 4.68. The predicted molar refractivity (Wildman–Crippen MR) is 148 cm³/mol. The first-order valence-electron chi connectivity index (χ1n) is 12.4. The summed E-state index contributed by atoms with van der Waals surface area (Å²) in [6, 6.07) is 9.08. The number of halogens is 1. The number of hydrogen-bond donors (Lipinski definition) is 3. The van der Waals surface area contributed by atoms with E-state index in [-0.39, 0.29) is 5.82 Å². The van der Waals surface area contributed by atoms with Crippen LogP contribution in [0.25, 0.3) is 55.7 Å². The van der Waals surface area contributed by atoms with Crippen LogP contribution in [0.4, 0.5) is 10.1 Å². The molecule has 0 radical (unpaired) electrons. The normalized spacial score (nSPS) is 11.7. The zero-order valence-corrected chi connectivity index (χ0v) is 21.7. The third-order valence-corrected chi connectivity index (χ3v) is 6.83. The molecule has 0 atom stereocenters. The molecule has 192 valence electrons. The molecule has 10 heteroatoms. The number of nitrogens with zero attached hydrogens (tertiary/aromatic N) is 6. The van der Waals surface area contributed by atoms with Crippen molar-refractivity contribution in [3.05, 3.63) is 66.8 Å². The lowest BCUT2D eigenvalue weighted by Crippen LogP contribution is -2.20. The monoisotopic (exact) mass is 509 g/mol. The van der Waals surface area contributed by atoms with Gasteiger partial charge < -0.3 is 19.8 Å². The van der Waals surface area contributed by atoms with Gasteiger partial charge in [-0.25, -0.2) is 9.37 Å². The molecule has 9 nitrogen and oxygen atoms in total. The predicted octanol–water partition coefficient (Wildman–Crippen LogP) is 4.99. The summed E-state index contributed by atoms with van der Waals surface area (Å²) in [5, 5.41) is 12.9. The minimum Gasteiger partial charge on any atom is -0.384 e. The van der Waals surface area contributed by atoms with Crippen LogP contribution in [-0.4, -0.2) is 66.8 Å². The number of aromatic nitrogens is 7. The molecule has 1 aromatic carbocycles. The van der Waals surface area contributed by atoms with Crippen molar-refractivity contribution < 1.29 is 4.39 Å². The van der Waals surface area contributed by atoms with Gasteiger partial charge in [-0.3, -0.25) is 15.1 Å². The van der Waals surface area contributed by atoms with Crippen LogP contribution in [0.1, 0.15) is 5.82 Å². The maximum absolute atomic E-state index is 14.6. The summed E-state index contributed by atoms with van der Waals surface area (Å²) in [5.74, 6) is 0.615. The molecular weight excluding hydrogens is 481 g/mol. The smallest absolute Gasteiger partial charge is 0.125 e. The molecule has 5 aromatic heterocycles. The van der Waals surface area contributed by atoms with Crippen LogP contribution in [0.3, 0.4) is 0 Å². The second kappa shape index (κ2) is 9.38. The lowest BCUT2D eigenvalue weighted by atomic mass is 10.0. The molecule has 0 aliphatic carbocycles. The van der Waals surface area contributed by atoms with Crippen LogP contribution in [0.5, 0.6) is 0 Å². The summed E-state index contributed by atoms with van der Waals surface area (Å²) in [4.78, 5) is 19.0. The van der Waals surface area contributed by atoms with E-state index in [1.165, 1.54) is 12.1 Å². The Kier molecular flexibility index (Phi) is 5.88. The van der Waals surface area contributed by atoms with Gasteiger partial charge in [-0.15, -0.1) is 0 Å². The van der Waals surface area contributed by atoms with Crippen LogP contribution in [0, 0.1) is 12.7 Å². The molecule has 0 spiro atoms. The Hall–Kier alpha value is -4.57. The number of anilines is 1. The van der Waals surface area contributed by atoms with Gasteiger partial charge in [0, 0.05) is 48.4 Å². The van der Waals surface area contributed by atoms with Crippen LogP contribution in [-0.2, 0) is 7.05 Å². The highest BCUT2D eigenvalue weighted by Gasteiger charge is 2.17. The van der Waals surface area contributed by atoms with Crippen LogP contribution in [0.15, 0.2) is 55.1 Å². The number of pyridine rings is 2. The summed E-state index contributed by atoms with van der Waals surface area (Å²) in [6.07, 6.45) is 7.16. The number of hydrogen-bond acceptors (Lipinski definition) is 6. The first-order chi connectivity index (χ1) is 18.4. The van der Waals surface area contributed by atoms with E-state index in [9.17, 15) is 4.39 Å². The molecule has 0 saturated heterocycles. The van der Waals surface area contributed by atoms with E-state index in [1.54, 1.807) is 18.6 Å². The molecule has 5 heterocycles. The van der Waals surface area contributed by atoms with E-state index in [2.05, 4.69) is 40.3 Å². The molecule has 6 rings (SSSR count). The standard InChI is InChI=1S/C28H28FN9/c1-16-32-15-27(38(16)4)23-11-21-26(14-33-23)35-36-28(21)24-10-20-22(12-30-13-25(20)34-24)17-7-18(29)9-19(8-17)31-5-6-37(2)3/h7-15,31,34H,5-6H2,1-4H3,(H,35,36). The first-order valence-corrected chi connectivity index (χ1v) is 12.4. The molecular formula is C28H28FN9. The number of fused-ring (bicyclic) bond motifs is 2. The van der Waals surface area contributed by atoms with Crippen molar-refractivity contribution in [1.29, 1.82) is 0 Å². The van der Waals surface area contributed by atoms with E-state index in [4.69, 9.17) is 0 Å². The van der Waals surface area contributed by atoms with Crippen molar-refractivity contribution in [2.24, 2.45) is 7.05 Å². The maximum atomic E-state index is 14.6. The minimum atomic E-state index is -0.300. The fourth-order valence-electron chi connectivity index (χ4n) is 4.68. The Balaban J connectivity index is 1.41. The second-order valence-corrected chi connectivity index (χ2v) is 9.73. The average Bonchev–Trinajstić information content (AvgIpc) is 3.59. The van der Waals surface area contributed by atoms with Gasteiger partial charge in [0.1, 0.15) is 17.3 Å². The van der Waals surface area contributed by atoms with Crippen molar-refractivity contribution in [3.8, 4) is 33.9 Å². The number of nitrogens with one attached hydrogen (secondary N) is 3. The third kappa shape index (κ3) is 4.28. The van der Waals surface area contributed by atoms with Crippen molar-refractivity contribution in [2.75, 3.05) is 32.5 Å². The Morgan fingerprint density at radius 3 is 2.63 bits per heavy atom. The van der Waals surface area contributed by atoms with E-state index in [0.29, 0.717) is 6.54 Å². The Labute approximate surface area is 218 Å². The molecule has 0 amide bonds. The molecule has 0 bridgehead atoms. The molecule has 38 heavy (non-hydrogen) atoms. The number of aryl methyl sites for hydroxylation is 1. The largest absolute Gasteiger partial charge is 0.384 e. The SMILES string of the molecule is Cc1ncc(-c2cc3c(-c4cc5c(-c6cc(F)cc(NCCN(C)C)c6)cncc5[nH]4)n[nH]c3cn2)n1C. The van der Waals surface area contributed by atoms with E-state index >= 15 is 0 Å². The lowest BCUT2D eigenvalue weighted by Gasteiger charge is -2.13. The Morgan fingerprint density at radius 1 is 0.974 bits per heavy atom. The van der Waals surface area contributed by atoms with Gasteiger partial charge in [-0.2, -0.15) is 5.10 Å². The average molecular weight is 510 g/mol. The van der Waals surface area contributed by atoms with Crippen LogP contribution in [0.2, 0.25) is 0 Å². The third-order valence-electron chi connectivity index (χ3n) is 6.83. The van der Waals surface area contributed by atoms with Crippen LogP contribution < -0.4 is 5.32 Å². The van der Waals surface area contributed by atoms with E-state index < -0.39 is 0 Å².